The van der Waals surface area contributed by atoms with Crippen molar-refractivity contribution < 1.29 is 9.53 Å². The van der Waals surface area contributed by atoms with Crippen LogP contribution < -0.4 is 5.73 Å². The van der Waals surface area contributed by atoms with Crippen molar-refractivity contribution in [3.8, 4) is 0 Å². The van der Waals surface area contributed by atoms with Gasteiger partial charge in [-0.2, -0.15) is 0 Å². The average molecular weight is 283 g/mol. The molecule has 0 saturated carbocycles. The van der Waals surface area contributed by atoms with E-state index < -0.39 is 12.2 Å². The number of carbonyl (C=O) groups is 1. The van der Waals surface area contributed by atoms with Crippen molar-refractivity contribution in [2.24, 2.45) is 5.73 Å². The van der Waals surface area contributed by atoms with E-state index in [0.717, 1.165) is 16.3 Å². The molecule has 0 spiro atoms. The Morgan fingerprint density at radius 2 is 2.05 bits per heavy atom. The van der Waals surface area contributed by atoms with E-state index in [4.69, 9.17) is 10.5 Å². The van der Waals surface area contributed by atoms with E-state index >= 15 is 0 Å². The van der Waals surface area contributed by atoms with Gasteiger partial charge in [-0.3, -0.25) is 0 Å². The van der Waals surface area contributed by atoms with Crippen LogP contribution in [-0.2, 0) is 11.3 Å². The van der Waals surface area contributed by atoms with Crippen molar-refractivity contribution in [1.82, 2.24) is 20.2 Å². The van der Waals surface area contributed by atoms with E-state index in [-0.39, 0.29) is 0 Å². The molecular formula is C14H13N5O2. The summed E-state index contributed by atoms with van der Waals surface area (Å²) in [6.07, 6.45) is 0.0788. The molecule has 0 fully saturated rings. The van der Waals surface area contributed by atoms with Gasteiger partial charge in [0.05, 0.1) is 6.54 Å². The molecule has 0 aliphatic rings. The summed E-state index contributed by atoms with van der Waals surface area (Å²) in [7, 11) is 0. The second-order valence-corrected chi connectivity index (χ2v) is 4.56. The molecule has 0 aliphatic heterocycles. The van der Waals surface area contributed by atoms with E-state index in [2.05, 4.69) is 15.5 Å². The van der Waals surface area contributed by atoms with Crippen LogP contribution >= 0.6 is 0 Å². The van der Waals surface area contributed by atoms with Gasteiger partial charge < -0.3 is 10.5 Å². The van der Waals surface area contributed by atoms with Crippen LogP contribution in [0.5, 0.6) is 0 Å². The maximum absolute atomic E-state index is 11.1. The average Bonchev–Trinajstić information content (AvgIpc) is 2.98. The summed E-state index contributed by atoms with van der Waals surface area (Å²) in [6, 6.07) is 13.8. The lowest BCUT2D eigenvalue weighted by atomic mass is 10.0. The molecule has 0 radical (unpaired) electrons. The summed E-state index contributed by atoms with van der Waals surface area (Å²) in [4.78, 5) is 11.1. The first kappa shape index (κ1) is 13.0. The predicted molar refractivity (Wildman–Crippen MR) is 75.2 cm³/mol. The summed E-state index contributed by atoms with van der Waals surface area (Å²) in [6.45, 7) is 0.300. The highest BCUT2D eigenvalue weighted by Gasteiger charge is 2.17. The quantitative estimate of drug-likeness (QED) is 0.785. The van der Waals surface area contributed by atoms with Crippen LogP contribution in [0.3, 0.4) is 0 Å². The summed E-state index contributed by atoms with van der Waals surface area (Å²) >= 11 is 0. The molecule has 1 amide bonds. The van der Waals surface area contributed by atoms with Crippen molar-refractivity contribution in [3.63, 3.8) is 0 Å². The van der Waals surface area contributed by atoms with Crippen molar-refractivity contribution >= 4 is 16.9 Å². The second-order valence-electron chi connectivity index (χ2n) is 4.56. The van der Waals surface area contributed by atoms with E-state index in [0.29, 0.717) is 6.54 Å². The monoisotopic (exact) mass is 283 g/mol. The Kier molecular flexibility index (Phi) is 3.46. The van der Waals surface area contributed by atoms with Gasteiger partial charge >= 0.3 is 6.09 Å². The fourth-order valence-electron chi connectivity index (χ4n) is 2.19. The Hall–Kier alpha value is -2.96. The number of hydrogen-bond donors (Lipinski definition) is 1. The zero-order chi connectivity index (χ0) is 14.7. The molecule has 2 aromatic carbocycles. The minimum Gasteiger partial charge on any atom is -0.440 e. The number of primary amides is 1. The minimum absolute atomic E-state index is 0.300. The van der Waals surface area contributed by atoms with Crippen LogP contribution in [0.4, 0.5) is 4.79 Å². The molecule has 1 aromatic heterocycles. The number of tetrazole rings is 1. The van der Waals surface area contributed by atoms with Gasteiger partial charge in [-0.25, -0.2) is 9.48 Å². The smallest absolute Gasteiger partial charge is 0.405 e. The zero-order valence-electron chi connectivity index (χ0n) is 11.1. The van der Waals surface area contributed by atoms with Gasteiger partial charge in [-0.1, -0.05) is 36.4 Å². The molecule has 1 unspecified atom stereocenters. The van der Waals surface area contributed by atoms with Crippen LogP contribution in [0.15, 0.2) is 48.8 Å². The third-order valence-corrected chi connectivity index (χ3v) is 3.15. The van der Waals surface area contributed by atoms with E-state index in [1.165, 1.54) is 11.0 Å². The molecule has 0 bridgehead atoms. The van der Waals surface area contributed by atoms with Crippen LogP contribution in [0.25, 0.3) is 10.8 Å². The lowest BCUT2D eigenvalue weighted by molar-refractivity contribution is 0.0930. The van der Waals surface area contributed by atoms with Gasteiger partial charge in [0.15, 0.2) is 0 Å². The molecule has 106 valence electrons. The standard InChI is InChI=1S/C14H13N5O2/c15-14(20)21-13(8-19-9-16-17-18-19)12-6-5-10-3-1-2-4-11(10)7-12/h1-7,9,13H,8H2,(H2,15,20). The fraction of sp³-hybridized carbons (Fsp3) is 0.143. The predicted octanol–water partition coefficient (Wildman–Crippen LogP) is 1.66. The number of nitrogens with zero attached hydrogens (tertiary/aromatic N) is 4. The van der Waals surface area contributed by atoms with Crippen LogP contribution in [0, 0.1) is 0 Å². The van der Waals surface area contributed by atoms with Gasteiger partial charge in [0.1, 0.15) is 12.4 Å². The molecule has 0 saturated heterocycles. The first-order chi connectivity index (χ1) is 10.2. The Morgan fingerprint density at radius 3 is 2.76 bits per heavy atom. The molecule has 21 heavy (non-hydrogen) atoms. The third-order valence-electron chi connectivity index (χ3n) is 3.15. The van der Waals surface area contributed by atoms with Crippen molar-refractivity contribution in [3.05, 3.63) is 54.4 Å². The highest BCUT2D eigenvalue weighted by molar-refractivity contribution is 5.83. The number of amides is 1. The van der Waals surface area contributed by atoms with Crippen molar-refractivity contribution in [1.29, 1.82) is 0 Å². The lowest BCUT2D eigenvalue weighted by Gasteiger charge is -2.17. The molecule has 1 heterocycles. The second kappa shape index (κ2) is 5.58. The molecule has 2 N–H and O–H groups in total. The van der Waals surface area contributed by atoms with Gasteiger partial charge in [0.2, 0.25) is 0 Å². The van der Waals surface area contributed by atoms with Gasteiger partial charge in [-0.05, 0) is 32.8 Å². The molecule has 3 rings (SSSR count). The SMILES string of the molecule is NC(=O)OC(Cn1cnnn1)c1ccc2ccccc2c1. The van der Waals surface area contributed by atoms with Crippen molar-refractivity contribution in [2.45, 2.75) is 12.6 Å². The topological polar surface area (TPSA) is 95.9 Å². The van der Waals surface area contributed by atoms with E-state index in [1.807, 2.05) is 42.5 Å². The van der Waals surface area contributed by atoms with Crippen LogP contribution in [-0.4, -0.2) is 26.3 Å². The minimum atomic E-state index is -0.832. The third kappa shape index (κ3) is 2.97. The van der Waals surface area contributed by atoms with Crippen LogP contribution in [0.1, 0.15) is 11.7 Å². The number of fused-ring (bicyclic) bond motifs is 1. The normalized spacial score (nSPS) is 12.2. The first-order valence-electron chi connectivity index (χ1n) is 6.38. The summed E-state index contributed by atoms with van der Waals surface area (Å²) in [5, 5.41) is 13.1. The lowest BCUT2D eigenvalue weighted by Crippen LogP contribution is -2.21. The molecular weight excluding hydrogens is 270 g/mol. The Balaban J connectivity index is 1.94. The number of aromatic nitrogens is 4. The first-order valence-corrected chi connectivity index (χ1v) is 6.38. The van der Waals surface area contributed by atoms with Gasteiger partial charge in [-0.15, -0.1) is 5.10 Å². The van der Waals surface area contributed by atoms with E-state index in [9.17, 15) is 4.79 Å². The molecule has 7 heteroatoms. The maximum Gasteiger partial charge on any atom is 0.405 e. The largest absolute Gasteiger partial charge is 0.440 e. The van der Waals surface area contributed by atoms with Crippen molar-refractivity contribution in [2.75, 3.05) is 0 Å². The van der Waals surface area contributed by atoms with Crippen LogP contribution in [0.2, 0.25) is 0 Å². The molecule has 1 atom stereocenters. The number of carbonyl (C=O) groups excluding carboxylic acids is 1. The number of benzene rings is 2. The zero-order valence-corrected chi connectivity index (χ0v) is 11.1. The Labute approximate surface area is 120 Å². The highest BCUT2D eigenvalue weighted by atomic mass is 16.6. The number of nitrogens with two attached hydrogens (primary N) is 1. The van der Waals surface area contributed by atoms with Gasteiger partial charge in [0.25, 0.3) is 0 Å². The summed E-state index contributed by atoms with van der Waals surface area (Å²) in [5.74, 6) is 0. The summed E-state index contributed by atoms with van der Waals surface area (Å²) < 4.78 is 6.67. The number of ether oxygens (including phenoxy) is 1. The maximum atomic E-state index is 11.1. The van der Waals surface area contributed by atoms with Gasteiger partial charge in [0, 0.05) is 0 Å². The Bertz CT molecular complexity index is 757. The number of rotatable bonds is 4. The number of hydrogen-bond acceptors (Lipinski definition) is 5. The fourth-order valence-corrected chi connectivity index (χ4v) is 2.19. The molecule has 7 nitrogen and oxygen atoms in total. The van der Waals surface area contributed by atoms with E-state index in [1.54, 1.807) is 0 Å². The molecule has 3 aromatic rings. The highest BCUT2D eigenvalue weighted by Crippen LogP contribution is 2.24. The Morgan fingerprint density at radius 1 is 1.24 bits per heavy atom. The molecule has 0 aliphatic carbocycles. The summed E-state index contributed by atoms with van der Waals surface area (Å²) in [5.41, 5.74) is 5.99.